The van der Waals surface area contributed by atoms with Crippen molar-refractivity contribution >= 4 is 65.4 Å². The molecule has 4 aromatic carbocycles. The third kappa shape index (κ3) is 4.16. The molecule has 7 aromatic rings. The smallest absolute Gasteiger partial charge is 0.0614 e. The van der Waals surface area contributed by atoms with E-state index in [2.05, 4.69) is 113 Å². The Bertz CT molecular complexity index is 2200. The summed E-state index contributed by atoms with van der Waals surface area (Å²) in [6.45, 7) is 5.58. The van der Waals surface area contributed by atoms with E-state index in [0.717, 1.165) is 45.3 Å². The zero-order valence-corrected chi connectivity index (χ0v) is 24.3. The van der Waals surface area contributed by atoms with Gasteiger partial charge in [-0.1, -0.05) is 78.2 Å². The van der Waals surface area contributed by atoms with Crippen LogP contribution in [0.5, 0.6) is 0 Å². The molecular formula is C34H33N9. The molecule has 0 amide bonds. The molecule has 3 aromatic heterocycles. The summed E-state index contributed by atoms with van der Waals surface area (Å²) in [5.41, 5.74) is 25.3. The normalized spacial score (nSPS) is 11.7. The average molecular weight is 568 g/mol. The van der Waals surface area contributed by atoms with Gasteiger partial charge in [0.05, 0.1) is 16.6 Å². The maximum Gasteiger partial charge on any atom is 0.0614 e. The lowest BCUT2D eigenvalue weighted by molar-refractivity contribution is 0.665. The Balaban J connectivity index is 1.74. The maximum absolute atomic E-state index is 8.94. The van der Waals surface area contributed by atoms with E-state index >= 15 is 0 Å². The van der Waals surface area contributed by atoms with Crippen LogP contribution in [0.15, 0.2) is 83.0 Å². The van der Waals surface area contributed by atoms with Gasteiger partial charge in [-0.15, -0.1) is 0 Å². The number of aromatic nitrogens is 3. The molecule has 0 unspecified atom stereocenters. The summed E-state index contributed by atoms with van der Waals surface area (Å²) in [6.07, 6.45) is 3.70. The first kappa shape index (κ1) is 26.8. The van der Waals surface area contributed by atoms with E-state index in [9.17, 15) is 0 Å². The number of fused-ring (bicyclic) bond motifs is 12. The number of hydrogen-bond donors (Lipinski definition) is 0. The van der Waals surface area contributed by atoms with Gasteiger partial charge in [-0.25, -0.2) is 0 Å². The lowest BCUT2D eigenvalue weighted by Gasteiger charge is -2.13. The van der Waals surface area contributed by atoms with Crippen molar-refractivity contribution in [1.82, 2.24) is 13.7 Å². The van der Waals surface area contributed by atoms with Crippen molar-refractivity contribution < 1.29 is 0 Å². The Kier molecular flexibility index (Phi) is 7.03. The van der Waals surface area contributed by atoms with Crippen molar-refractivity contribution in [2.75, 3.05) is 13.1 Å². The molecule has 9 heteroatoms. The van der Waals surface area contributed by atoms with Crippen LogP contribution in [-0.4, -0.2) is 26.8 Å². The van der Waals surface area contributed by atoms with E-state index in [0.29, 0.717) is 13.1 Å². The number of para-hydroxylation sites is 3. The second-order valence-corrected chi connectivity index (χ2v) is 11.1. The molecule has 0 aliphatic carbocycles. The van der Waals surface area contributed by atoms with E-state index in [-0.39, 0.29) is 0 Å². The highest BCUT2D eigenvalue weighted by Crippen LogP contribution is 2.48. The van der Waals surface area contributed by atoms with Gasteiger partial charge in [-0.3, -0.25) is 0 Å². The van der Waals surface area contributed by atoms with Crippen molar-refractivity contribution in [3.8, 4) is 0 Å². The second kappa shape index (κ2) is 11.3. The van der Waals surface area contributed by atoms with E-state index in [4.69, 9.17) is 11.1 Å². The number of azide groups is 2. The lowest BCUT2D eigenvalue weighted by Crippen LogP contribution is -2.02. The number of unbranched alkanes of at least 4 members (excludes halogenated alkanes) is 1. The SMILES string of the molecule is CCCCn1c2ccccc2c2c1c1c3ccccc3n(CCCN=[N+]=[N-])c1c1c3ccccc3n(CCCN=[N+]=[N-])c21. The highest BCUT2D eigenvalue weighted by atomic mass is 15.1. The van der Waals surface area contributed by atoms with Gasteiger partial charge >= 0.3 is 0 Å². The first-order valence-electron chi connectivity index (χ1n) is 15.2. The molecule has 0 saturated carbocycles. The van der Waals surface area contributed by atoms with Crippen LogP contribution in [0.1, 0.15) is 32.6 Å². The average Bonchev–Trinajstić information content (AvgIpc) is 3.66. The minimum atomic E-state index is 0.452. The summed E-state index contributed by atoms with van der Waals surface area (Å²) in [4.78, 5) is 6.00. The molecule has 7 rings (SSSR count). The molecule has 0 aliphatic heterocycles. The number of hydrogen-bond acceptors (Lipinski definition) is 2. The molecule has 3 heterocycles. The quantitative estimate of drug-likeness (QED) is 0.0641. The second-order valence-electron chi connectivity index (χ2n) is 11.1. The van der Waals surface area contributed by atoms with E-state index in [1.807, 2.05) is 0 Å². The van der Waals surface area contributed by atoms with Crippen LogP contribution in [-0.2, 0) is 19.6 Å². The molecule has 0 atom stereocenters. The predicted octanol–water partition coefficient (Wildman–Crippen LogP) is 10.2. The van der Waals surface area contributed by atoms with Crippen molar-refractivity contribution in [2.24, 2.45) is 10.2 Å². The molecule has 0 N–H and O–H groups in total. The van der Waals surface area contributed by atoms with Gasteiger partial charge in [0.25, 0.3) is 0 Å². The van der Waals surface area contributed by atoms with Gasteiger partial charge in [0.15, 0.2) is 0 Å². The fourth-order valence-corrected chi connectivity index (χ4v) is 7.11. The number of rotatable bonds is 11. The highest BCUT2D eigenvalue weighted by Gasteiger charge is 2.26. The zero-order valence-electron chi connectivity index (χ0n) is 24.3. The standard InChI is InChI=1S/C34H33N9/c1-2-3-20-41-26-15-7-4-12-23(26)29-32(41)30-24-13-5-8-16-27(24)42(21-10-18-37-39-35)34(30)31-25-14-6-9-17-28(25)43(33(29)31)22-11-19-38-40-36/h4-9,12-17H,2-3,10-11,18-22H2,1H3. The van der Waals surface area contributed by atoms with E-state index in [1.54, 1.807) is 0 Å². The van der Waals surface area contributed by atoms with Crippen LogP contribution in [0, 0.1) is 0 Å². The van der Waals surface area contributed by atoms with Crippen LogP contribution in [0.2, 0.25) is 0 Å². The Morgan fingerprint density at radius 1 is 0.535 bits per heavy atom. The molecule has 214 valence electrons. The Morgan fingerprint density at radius 2 is 0.884 bits per heavy atom. The van der Waals surface area contributed by atoms with Crippen LogP contribution >= 0.6 is 0 Å². The summed E-state index contributed by atoms with van der Waals surface area (Å²) < 4.78 is 7.46. The fraction of sp³-hybridized carbons (Fsp3) is 0.294. The molecule has 0 saturated heterocycles. The number of benzene rings is 4. The Hall–Kier alpha value is -5.10. The van der Waals surface area contributed by atoms with Crippen molar-refractivity contribution in [1.29, 1.82) is 0 Å². The summed E-state index contributed by atoms with van der Waals surface area (Å²) >= 11 is 0. The summed E-state index contributed by atoms with van der Waals surface area (Å²) in [5.74, 6) is 0. The van der Waals surface area contributed by atoms with Crippen molar-refractivity contribution in [2.45, 2.75) is 52.2 Å². The zero-order chi connectivity index (χ0) is 29.3. The minimum Gasteiger partial charge on any atom is -0.340 e. The third-order valence-electron chi connectivity index (χ3n) is 8.76. The number of aryl methyl sites for hydroxylation is 3. The van der Waals surface area contributed by atoms with Gasteiger partial charge in [0.2, 0.25) is 0 Å². The number of nitrogens with zero attached hydrogens (tertiary/aromatic N) is 9. The van der Waals surface area contributed by atoms with E-state index in [1.165, 1.54) is 65.4 Å². The molecule has 0 aliphatic rings. The van der Waals surface area contributed by atoms with Gasteiger partial charge < -0.3 is 13.7 Å². The van der Waals surface area contributed by atoms with Gasteiger partial charge in [0.1, 0.15) is 0 Å². The summed E-state index contributed by atoms with van der Waals surface area (Å²) in [7, 11) is 0. The molecule has 0 fully saturated rings. The molecule has 0 bridgehead atoms. The topological polar surface area (TPSA) is 112 Å². The lowest BCUT2D eigenvalue weighted by atomic mass is 10.0. The molecule has 0 radical (unpaired) electrons. The van der Waals surface area contributed by atoms with E-state index < -0.39 is 0 Å². The first-order valence-corrected chi connectivity index (χ1v) is 15.2. The Morgan fingerprint density at radius 3 is 1.23 bits per heavy atom. The molecule has 43 heavy (non-hydrogen) atoms. The monoisotopic (exact) mass is 567 g/mol. The first-order chi connectivity index (χ1) is 21.3. The van der Waals surface area contributed by atoms with Gasteiger partial charge in [-0.2, -0.15) is 0 Å². The molecular weight excluding hydrogens is 534 g/mol. The Labute approximate surface area is 248 Å². The molecule has 0 spiro atoms. The van der Waals surface area contributed by atoms with Gasteiger partial charge in [0, 0.05) is 91.4 Å². The summed E-state index contributed by atoms with van der Waals surface area (Å²) in [6, 6.07) is 26.3. The minimum absolute atomic E-state index is 0.452. The van der Waals surface area contributed by atoms with Crippen LogP contribution < -0.4 is 0 Å². The van der Waals surface area contributed by atoms with Crippen LogP contribution in [0.25, 0.3) is 86.3 Å². The van der Waals surface area contributed by atoms with Crippen molar-refractivity contribution in [3.63, 3.8) is 0 Å². The van der Waals surface area contributed by atoms with Gasteiger partial charge in [-0.05, 0) is 48.5 Å². The highest BCUT2D eigenvalue weighted by molar-refractivity contribution is 6.39. The summed E-state index contributed by atoms with van der Waals surface area (Å²) in [5, 5.41) is 15.2. The predicted molar refractivity (Wildman–Crippen MR) is 178 cm³/mol. The van der Waals surface area contributed by atoms with Crippen molar-refractivity contribution in [3.05, 3.63) is 93.7 Å². The fourth-order valence-electron chi connectivity index (χ4n) is 7.11. The largest absolute Gasteiger partial charge is 0.340 e. The maximum atomic E-state index is 8.94. The van der Waals surface area contributed by atoms with Crippen LogP contribution in [0.4, 0.5) is 0 Å². The third-order valence-corrected chi connectivity index (χ3v) is 8.76. The van der Waals surface area contributed by atoms with Crippen LogP contribution in [0.3, 0.4) is 0 Å². The molecule has 9 nitrogen and oxygen atoms in total.